The van der Waals surface area contributed by atoms with Crippen molar-refractivity contribution < 1.29 is 9.53 Å². The summed E-state index contributed by atoms with van der Waals surface area (Å²) in [6.45, 7) is 10.5. The van der Waals surface area contributed by atoms with E-state index in [1.54, 1.807) is 0 Å². The van der Waals surface area contributed by atoms with Crippen LogP contribution < -0.4 is 9.64 Å². The van der Waals surface area contributed by atoms with Crippen LogP contribution >= 0.6 is 0 Å². The average Bonchev–Trinajstić information content (AvgIpc) is 3.08. The van der Waals surface area contributed by atoms with E-state index in [1.165, 1.54) is 5.56 Å². The highest BCUT2D eigenvalue weighted by Gasteiger charge is 2.48. The summed E-state index contributed by atoms with van der Waals surface area (Å²) in [4.78, 5) is 15.2. The Morgan fingerprint density at radius 3 is 2.72 bits per heavy atom. The summed E-state index contributed by atoms with van der Waals surface area (Å²) in [6, 6.07) is 12.3. The molecule has 4 rings (SSSR count). The molecule has 0 radical (unpaired) electrons. The van der Waals surface area contributed by atoms with Crippen molar-refractivity contribution in [1.29, 1.82) is 0 Å². The fraction of sp³-hybridized carbons (Fsp3) is 0.318. The molecule has 0 aromatic heterocycles. The van der Waals surface area contributed by atoms with Crippen LogP contribution in [0.2, 0.25) is 0 Å². The molecule has 1 amide bonds. The van der Waals surface area contributed by atoms with Gasteiger partial charge in [0.05, 0.1) is 17.6 Å². The maximum atomic E-state index is 13.2. The molecule has 3 heteroatoms. The first-order valence-electron chi connectivity index (χ1n) is 8.75. The van der Waals surface area contributed by atoms with Crippen molar-refractivity contribution in [3.05, 3.63) is 71.3 Å². The monoisotopic (exact) mass is 333 g/mol. The zero-order valence-electron chi connectivity index (χ0n) is 15.0. The summed E-state index contributed by atoms with van der Waals surface area (Å²) in [6.07, 6.45) is 2.67. The van der Waals surface area contributed by atoms with Gasteiger partial charge in [-0.2, -0.15) is 0 Å². The van der Waals surface area contributed by atoms with Crippen molar-refractivity contribution in [2.45, 2.75) is 45.3 Å². The molecule has 0 spiro atoms. The minimum absolute atomic E-state index is 0.00465. The second kappa shape index (κ2) is 5.48. The molecule has 2 aliphatic rings. The van der Waals surface area contributed by atoms with Gasteiger partial charge in [-0.1, -0.05) is 49.1 Å². The molecule has 1 atom stereocenters. The van der Waals surface area contributed by atoms with Gasteiger partial charge in [-0.25, -0.2) is 0 Å². The number of carbonyl (C=O) groups is 1. The van der Waals surface area contributed by atoms with Crippen LogP contribution in [0.15, 0.2) is 49.1 Å². The van der Waals surface area contributed by atoms with Gasteiger partial charge in [-0.05, 0) is 37.5 Å². The van der Waals surface area contributed by atoms with E-state index < -0.39 is 5.41 Å². The Morgan fingerprint density at radius 1 is 1.32 bits per heavy atom. The zero-order chi connectivity index (χ0) is 17.8. The molecule has 1 unspecified atom stereocenters. The molecular formula is C22H23NO2. The molecule has 3 nitrogen and oxygen atoms in total. The lowest BCUT2D eigenvalue weighted by molar-refractivity contribution is -0.122. The van der Waals surface area contributed by atoms with Gasteiger partial charge in [0.25, 0.3) is 0 Å². The van der Waals surface area contributed by atoms with Crippen LogP contribution in [-0.2, 0) is 23.2 Å². The summed E-state index contributed by atoms with van der Waals surface area (Å²) >= 11 is 0. The third-order valence-electron chi connectivity index (χ3n) is 5.33. The maximum absolute atomic E-state index is 13.2. The smallest absolute Gasteiger partial charge is 0.237 e. The van der Waals surface area contributed by atoms with Gasteiger partial charge in [0, 0.05) is 12.0 Å². The summed E-state index contributed by atoms with van der Waals surface area (Å²) in [5.41, 5.74) is 4.91. The Bertz CT molecular complexity index is 867. The lowest BCUT2D eigenvalue weighted by atomic mass is 9.83. The fourth-order valence-electron chi connectivity index (χ4n) is 4.08. The van der Waals surface area contributed by atoms with Crippen molar-refractivity contribution in [2.75, 3.05) is 4.90 Å². The number of benzene rings is 2. The minimum Gasteiger partial charge on any atom is -0.485 e. The van der Waals surface area contributed by atoms with Crippen LogP contribution in [0.25, 0.3) is 0 Å². The average molecular weight is 333 g/mol. The standard InChI is InChI=1S/C22H23NO2/c1-5-17-12-16-11-14(2)19-18(20(16)25-17)22(3,4)21(24)23(19)13-15-9-7-6-8-10-15/h5-11,17H,1,12-13H2,2-4H3. The van der Waals surface area contributed by atoms with Gasteiger partial charge in [-0.3, -0.25) is 4.79 Å². The molecular weight excluding hydrogens is 310 g/mol. The van der Waals surface area contributed by atoms with E-state index >= 15 is 0 Å². The number of anilines is 1. The van der Waals surface area contributed by atoms with Crippen LogP contribution in [0.4, 0.5) is 5.69 Å². The highest BCUT2D eigenvalue weighted by atomic mass is 16.5. The number of aryl methyl sites for hydroxylation is 1. The third-order valence-corrected chi connectivity index (χ3v) is 5.33. The molecule has 0 saturated carbocycles. The molecule has 2 aliphatic heterocycles. The number of hydrogen-bond acceptors (Lipinski definition) is 2. The molecule has 2 heterocycles. The Hall–Kier alpha value is -2.55. The SMILES string of the molecule is C=CC1Cc2cc(C)c3c(c2O1)C(C)(C)C(=O)N3Cc1ccccc1. The summed E-state index contributed by atoms with van der Waals surface area (Å²) < 4.78 is 6.14. The summed E-state index contributed by atoms with van der Waals surface area (Å²) in [5.74, 6) is 1.02. The van der Waals surface area contributed by atoms with Crippen LogP contribution in [0.1, 0.15) is 36.1 Å². The summed E-state index contributed by atoms with van der Waals surface area (Å²) in [7, 11) is 0. The topological polar surface area (TPSA) is 29.5 Å². The van der Waals surface area contributed by atoms with E-state index in [0.29, 0.717) is 6.54 Å². The van der Waals surface area contributed by atoms with Crippen molar-refractivity contribution in [3.63, 3.8) is 0 Å². The molecule has 25 heavy (non-hydrogen) atoms. The van der Waals surface area contributed by atoms with E-state index in [0.717, 1.165) is 34.5 Å². The highest BCUT2D eigenvalue weighted by Crippen LogP contribution is 2.52. The number of nitrogens with zero attached hydrogens (tertiary/aromatic N) is 1. The molecule has 128 valence electrons. The minimum atomic E-state index is -0.587. The van der Waals surface area contributed by atoms with Gasteiger partial charge >= 0.3 is 0 Å². The largest absolute Gasteiger partial charge is 0.485 e. The van der Waals surface area contributed by atoms with Crippen molar-refractivity contribution in [3.8, 4) is 5.75 Å². The van der Waals surface area contributed by atoms with Gasteiger partial charge in [0.15, 0.2) is 0 Å². The molecule has 2 aromatic carbocycles. The van der Waals surface area contributed by atoms with E-state index in [2.05, 4.69) is 31.7 Å². The predicted octanol–water partition coefficient (Wildman–Crippen LogP) is 4.31. The molecule has 0 fully saturated rings. The van der Waals surface area contributed by atoms with Crippen LogP contribution in [0, 0.1) is 6.92 Å². The molecule has 0 bridgehead atoms. The molecule has 0 N–H and O–H groups in total. The van der Waals surface area contributed by atoms with Crippen LogP contribution in [0.3, 0.4) is 0 Å². The number of hydrogen-bond donors (Lipinski definition) is 0. The third kappa shape index (κ3) is 2.30. The Kier molecular flexibility index (Phi) is 3.50. The van der Waals surface area contributed by atoms with Gasteiger partial charge in [0.1, 0.15) is 11.9 Å². The number of fused-ring (bicyclic) bond motifs is 3. The number of rotatable bonds is 3. The number of amides is 1. The summed E-state index contributed by atoms with van der Waals surface area (Å²) in [5, 5.41) is 0. The Morgan fingerprint density at radius 2 is 2.04 bits per heavy atom. The second-order valence-electron chi connectivity index (χ2n) is 7.50. The lowest BCUT2D eigenvalue weighted by Crippen LogP contribution is -2.36. The van der Waals surface area contributed by atoms with Gasteiger partial charge < -0.3 is 9.64 Å². The van der Waals surface area contributed by atoms with Gasteiger partial charge in [-0.15, -0.1) is 0 Å². The first-order valence-corrected chi connectivity index (χ1v) is 8.75. The quantitative estimate of drug-likeness (QED) is 0.783. The Labute approximate surface area is 148 Å². The lowest BCUT2D eigenvalue weighted by Gasteiger charge is -2.21. The first kappa shape index (κ1) is 15.9. The van der Waals surface area contributed by atoms with Gasteiger partial charge in [0.2, 0.25) is 5.91 Å². The van der Waals surface area contributed by atoms with E-state index in [9.17, 15) is 4.79 Å². The first-order chi connectivity index (χ1) is 11.9. The van der Waals surface area contributed by atoms with Crippen molar-refractivity contribution in [1.82, 2.24) is 0 Å². The second-order valence-corrected chi connectivity index (χ2v) is 7.50. The van der Waals surface area contributed by atoms with Crippen molar-refractivity contribution in [2.24, 2.45) is 0 Å². The fourth-order valence-corrected chi connectivity index (χ4v) is 4.08. The Balaban J connectivity index is 1.86. The van der Waals surface area contributed by atoms with Crippen molar-refractivity contribution >= 4 is 11.6 Å². The zero-order valence-corrected chi connectivity index (χ0v) is 15.0. The predicted molar refractivity (Wildman–Crippen MR) is 100 cm³/mol. The highest BCUT2D eigenvalue weighted by molar-refractivity contribution is 6.09. The molecule has 0 saturated heterocycles. The van der Waals surface area contributed by atoms with Crippen LogP contribution in [-0.4, -0.2) is 12.0 Å². The van der Waals surface area contributed by atoms with E-state index in [4.69, 9.17) is 4.74 Å². The number of carbonyl (C=O) groups excluding carboxylic acids is 1. The number of ether oxygens (including phenoxy) is 1. The van der Waals surface area contributed by atoms with E-state index in [1.807, 2.05) is 43.0 Å². The van der Waals surface area contributed by atoms with Crippen LogP contribution in [0.5, 0.6) is 5.75 Å². The molecule has 2 aromatic rings. The van der Waals surface area contributed by atoms with E-state index in [-0.39, 0.29) is 12.0 Å². The normalized spacial score (nSPS) is 20.2. The maximum Gasteiger partial charge on any atom is 0.237 e. The molecule has 0 aliphatic carbocycles.